The quantitative estimate of drug-likeness (QED) is 0.695. The zero-order valence-electron chi connectivity index (χ0n) is 16.5. The van der Waals surface area contributed by atoms with Crippen molar-refractivity contribution in [1.29, 1.82) is 0 Å². The highest BCUT2D eigenvalue weighted by Crippen LogP contribution is 2.20. The van der Waals surface area contributed by atoms with E-state index in [1.165, 1.54) is 12.1 Å². The van der Waals surface area contributed by atoms with Gasteiger partial charge in [0.1, 0.15) is 11.6 Å². The molecule has 0 atom stereocenters. The molecular weight excluding hydrogens is 359 g/mol. The lowest BCUT2D eigenvalue weighted by Crippen LogP contribution is -2.31. The van der Waals surface area contributed by atoms with Gasteiger partial charge in [-0.25, -0.2) is 4.39 Å². The summed E-state index contributed by atoms with van der Waals surface area (Å²) >= 11 is 0. The Kier molecular flexibility index (Phi) is 7.99. The summed E-state index contributed by atoms with van der Waals surface area (Å²) in [6, 6.07) is 11.4. The van der Waals surface area contributed by atoms with Crippen LogP contribution in [0.25, 0.3) is 0 Å². The van der Waals surface area contributed by atoms with Crippen molar-refractivity contribution in [3.05, 3.63) is 65.0 Å². The number of hydrogen-bond donors (Lipinski definition) is 2. The first-order valence-corrected chi connectivity index (χ1v) is 9.38. The van der Waals surface area contributed by atoms with Crippen LogP contribution in [0, 0.1) is 18.7 Å². The van der Waals surface area contributed by atoms with Gasteiger partial charge in [0.25, 0.3) is 11.8 Å². The van der Waals surface area contributed by atoms with E-state index >= 15 is 0 Å². The Balaban J connectivity index is 1.86. The van der Waals surface area contributed by atoms with Gasteiger partial charge in [-0.2, -0.15) is 0 Å². The molecule has 28 heavy (non-hydrogen) atoms. The van der Waals surface area contributed by atoms with Gasteiger partial charge >= 0.3 is 0 Å². The fourth-order valence-electron chi connectivity index (χ4n) is 2.53. The first-order chi connectivity index (χ1) is 13.3. The molecule has 0 aliphatic heterocycles. The summed E-state index contributed by atoms with van der Waals surface area (Å²) in [5.41, 5.74) is 2.29. The molecular formula is C22H27FN2O3. The monoisotopic (exact) mass is 386 g/mol. The second kappa shape index (κ2) is 10.4. The molecule has 0 spiro atoms. The van der Waals surface area contributed by atoms with E-state index in [0.717, 1.165) is 11.1 Å². The van der Waals surface area contributed by atoms with Crippen LogP contribution in [0.1, 0.15) is 35.3 Å². The second-order valence-corrected chi connectivity index (χ2v) is 7.12. The lowest BCUT2D eigenvalue weighted by molar-refractivity contribution is -0.123. The zero-order valence-corrected chi connectivity index (χ0v) is 16.5. The van der Waals surface area contributed by atoms with Crippen LogP contribution in [-0.4, -0.2) is 31.5 Å². The molecule has 2 aromatic carbocycles. The van der Waals surface area contributed by atoms with Gasteiger partial charge in [-0.1, -0.05) is 37.6 Å². The molecule has 0 aromatic heterocycles. The summed E-state index contributed by atoms with van der Waals surface area (Å²) in [5, 5.41) is 5.62. The Morgan fingerprint density at radius 3 is 2.46 bits per heavy atom. The minimum atomic E-state index is -0.285. The largest absolute Gasteiger partial charge is 0.483 e. The lowest BCUT2D eigenvalue weighted by atomic mass is 10.1. The van der Waals surface area contributed by atoms with Crippen molar-refractivity contribution in [3.8, 4) is 5.75 Å². The van der Waals surface area contributed by atoms with Crippen molar-refractivity contribution in [1.82, 2.24) is 10.6 Å². The zero-order chi connectivity index (χ0) is 20.5. The molecule has 0 aliphatic rings. The van der Waals surface area contributed by atoms with Crippen LogP contribution < -0.4 is 15.4 Å². The normalized spacial score (nSPS) is 10.6. The number of benzene rings is 2. The van der Waals surface area contributed by atoms with E-state index in [-0.39, 0.29) is 24.2 Å². The standard InChI is InChI=1S/C22H27FN2O3/c1-15(2)13-25-22(27)19-12-16(3)4-9-20(19)28-14-21(26)24-11-10-17-5-7-18(23)8-6-17/h4-9,12,15H,10-11,13-14H2,1-3H3,(H,24,26)(H,25,27). The molecule has 0 bridgehead atoms. The molecule has 0 unspecified atom stereocenters. The summed E-state index contributed by atoms with van der Waals surface area (Å²) in [6.45, 7) is 6.73. The van der Waals surface area contributed by atoms with Crippen LogP contribution in [0.15, 0.2) is 42.5 Å². The van der Waals surface area contributed by atoms with Crippen LogP contribution in [0.3, 0.4) is 0 Å². The molecule has 2 N–H and O–H groups in total. The number of rotatable bonds is 9. The van der Waals surface area contributed by atoms with E-state index in [4.69, 9.17) is 4.74 Å². The Bertz CT molecular complexity index is 804. The van der Waals surface area contributed by atoms with E-state index in [2.05, 4.69) is 10.6 Å². The average Bonchev–Trinajstić information content (AvgIpc) is 2.66. The van der Waals surface area contributed by atoms with E-state index < -0.39 is 0 Å². The van der Waals surface area contributed by atoms with E-state index in [9.17, 15) is 14.0 Å². The van der Waals surface area contributed by atoms with Crippen LogP contribution in [0.5, 0.6) is 5.75 Å². The fraction of sp³-hybridized carbons (Fsp3) is 0.364. The molecule has 5 nitrogen and oxygen atoms in total. The highest BCUT2D eigenvalue weighted by molar-refractivity contribution is 5.97. The van der Waals surface area contributed by atoms with Gasteiger partial charge in [-0.05, 0) is 49.1 Å². The summed E-state index contributed by atoms with van der Waals surface area (Å²) in [5.74, 6) is -0.0709. The van der Waals surface area contributed by atoms with Crippen molar-refractivity contribution in [2.45, 2.75) is 27.2 Å². The van der Waals surface area contributed by atoms with E-state index in [1.807, 2.05) is 26.8 Å². The Labute approximate surface area is 165 Å². The predicted octanol–water partition coefficient (Wildman–Crippen LogP) is 3.26. The topological polar surface area (TPSA) is 67.4 Å². The van der Waals surface area contributed by atoms with Crippen molar-refractivity contribution >= 4 is 11.8 Å². The van der Waals surface area contributed by atoms with Gasteiger partial charge in [0, 0.05) is 13.1 Å². The maximum absolute atomic E-state index is 12.9. The maximum Gasteiger partial charge on any atom is 0.257 e. The average molecular weight is 386 g/mol. The number of ether oxygens (including phenoxy) is 1. The molecule has 0 saturated carbocycles. The number of halogens is 1. The molecule has 150 valence electrons. The van der Waals surface area contributed by atoms with Crippen LogP contribution >= 0.6 is 0 Å². The fourth-order valence-corrected chi connectivity index (χ4v) is 2.53. The molecule has 2 amide bonds. The highest BCUT2D eigenvalue weighted by Gasteiger charge is 2.14. The van der Waals surface area contributed by atoms with Crippen molar-refractivity contribution in [2.24, 2.45) is 5.92 Å². The minimum Gasteiger partial charge on any atom is -0.483 e. The molecule has 2 rings (SSSR count). The number of carbonyl (C=O) groups excluding carboxylic acids is 2. The Hall–Kier alpha value is -2.89. The van der Waals surface area contributed by atoms with Gasteiger partial charge in [-0.3, -0.25) is 9.59 Å². The molecule has 0 aliphatic carbocycles. The Morgan fingerprint density at radius 1 is 1.07 bits per heavy atom. The molecule has 0 fully saturated rings. The van der Waals surface area contributed by atoms with Gasteiger partial charge in [0.2, 0.25) is 0 Å². The lowest BCUT2D eigenvalue weighted by Gasteiger charge is -2.13. The summed E-state index contributed by atoms with van der Waals surface area (Å²) in [4.78, 5) is 24.4. The third-order valence-electron chi connectivity index (χ3n) is 4.06. The second-order valence-electron chi connectivity index (χ2n) is 7.12. The summed E-state index contributed by atoms with van der Waals surface area (Å²) < 4.78 is 18.5. The highest BCUT2D eigenvalue weighted by atomic mass is 19.1. The van der Waals surface area contributed by atoms with Gasteiger partial charge in [0.15, 0.2) is 6.61 Å². The first-order valence-electron chi connectivity index (χ1n) is 9.38. The maximum atomic E-state index is 12.9. The molecule has 0 saturated heterocycles. The smallest absolute Gasteiger partial charge is 0.257 e. The third kappa shape index (κ3) is 7.02. The number of nitrogens with one attached hydrogen (secondary N) is 2. The molecule has 2 aromatic rings. The van der Waals surface area contributed by atoms with E-state index in [1.54, 1.807) is 24.3 Å². The van der Waals surface area contributed by atoms with E-state index in [0.29, 0.717) is 36.7 Å². The molecule has 0 heterocycles. The van der Waals surface area contributed by atoms with Crippen LogP contribution in [0.4, 0.5) is 4.39 Å². The summed E-state index contributed by atoms with van der Waals surface area (Å²) in [6.07, 6.45) is 0.597. The first kappa shape index (κ1) is 21.4. The third-order valence-corrected chi connectivity index (χ3v) is 4.06. The predicted molar refractivity (Wildman–Crippen MR) is 107 cm³/mol. The van der Waals surface area contributed by atoms with Crippen molar-refractivity contribution in [2.75, 3.05) is 19.7 Å². The van der Waals surface area contributed by atoms with Crippen molar-refractivity contribution in [3.63, 3.8) is 0 Å². The SMILES string of the molecule is Cc1ccc(OCC(=O)NCCc2ccc(F)cc2)c(C(=O)NCC(C)C)c1. The molecule has 0 radical (unpaired) electrons. The summed E-state index contributed by atoms with van der Waals surface area (Å²) in [7, 11) is 0. The number of amides is 2. The van der Waals surface area contributed by atoms with Crippen molar-refractivity contribution < 1.29 is 18.7 Å². The van der Waals surface area contributed by atoms with Gasteiger partial charge in [-0.15, -0.1) is 0 Å². The number of aryl methyl sites for hydroxylation is 1. The molecule has 6 heteroatoms. The Morgan fingerprint density at radius 2 is 1.79 bits per heavy atom. The number of hydrogen-bond acceptors (Lipinski definition) is 3. The number of carbonyl (C=O) groups is 2. The van der Waals surface area contributed by atoms with Crippen LogP contribution in [0.2, 0.25) is 0 Å². The van der Waals surface area contributed by atoms with Gasteiger partial charge in [0.05, 0.1) is 5.56 Å². The minimum absolute atomic E-state index is 0.184. The van der Waals surface area contributed by atoms with Gasteiger partial charge < -0.3 is 15.4 Å². The van der Waals surface area contributed by atoms with Crippen LogP contribution in [-0.2, 0) is 11.2 Å².